The molecule has 0 fully saturated rings. The van der Waals surface area contributed by atoms with Gasteiger partial charge in [0.1, 0.15) is 18.1 Å². The van der Waals surface area contributed by atoms with Gasteiger partial charge in [0.15, 0.2) is 4.90 Å². The lowest BCUT2D eigenvalue weighted by molar-refractivity contribution is -0.396. The van der Waals surface area contributed by atoms with Crippen LogP contribution in [0.2, 0.25) is 0 Å². The monoisotopic (exact) mass is 658 g/mol. The summed E-state index contributed by atoms with van der Waals surface area (Å²) in [5.41, 5.74) is 3.27. The van der Waals surface area contributed by atoms with E-state index < -0.39 is 103 Å². The molecule has 4 atom stereocenters. The fraction of sp³-hybridized carbons (Fsp3) is 0.560. The number of rotatable bonds is 18. The Bertz CT molecular complexity index is 1420. The Kier molecular flexibility index (Phi) is 14.4. The number of nitro groups is 2. The number of hydrogen-bond acceptors (Lipinski definition) is 11. The summed E-state index contributed by atoms with van der Waals surface area (Å²) in [5.74, 6) is -4.44. The number of carbonyl (C=O) groups is 5. The maximum absolute atomic E-state index is 13.2. The minimum Gasteiger partial charge on any atom is -0.368 e. The van der Waals surface area contributed by atoms with Crippen LogP contribution in [-0.2, 0) is 34.0 Å². The van der Waals surface area contributed by atoms with Gasteiger partial charge in [0.25, 0.3) is 11.4 Å². The van der Waals surface area contributed by atoms with Crippen LogP contribution in [0.4, 0.5) is 11.4 Å². The summed E-state index contributed by atoms with van der Waals surface area (Å²) in [4.78, 5) is 81.4. The Labute approximate surface area is 258 Å². The van der Waals surface area contributed by atoms with E-state index in [1.54, 1.807) is 13.8 Å². The number of nitrogens with one attached hydrogen (secondary N) is 5. The first-order chi connectivity index (χ1) is 20.8. The molecule has 250 valence electrons. The molecule has 1 aromatic rings. The van der Waals surface area contributed by atoms with Gasteiger partial charge in [-0.15, -0.1) is 0 Å². The highest BCUT2D eigenvalue weighted by Gasteiger charge is 2.32. The molecule has 7 N–H and O–H groups in total. The van der Waals surface area contributed by atoms with Crippen molar-refractivity contribution in [3.05, 3.63) is 38.4 Å². The molecule has 20 heteroatoms. The van der Waals surface area contributed by atoms with Gasteiger partial charge in [0, 0.05) is 6.07 Å². The fourth-order valence-electron chi connectivity index (χ4n) is 3.83. The number of carbonyl (C=O) groups excluding carboxylic acids is 5. The van der Waals surface area contributed by atoms with Crippen molar-refractivity contribution in [1.29, 1.82) is 0 Å². The molecule has 0 saturated heterocycles. The molecule has 0 spiro atoms. The van der Waals surface area contributed by atoms with Gasteiger partial charge < -0.3 is 27.0 Å². The number of nitro benzene ring substituents is 2. The van der Waals surface area contributed by atoms with Gasteiger partial charge in [0.2, 0.25) is 39.6 Å². The van der Waals surface area contributed by atoms with Gasteiger partial charge in [-0.25, -0.2) is 13.1 Å². The van der Waals surface area contributed by atoms with Gasteiger partial charge in [-0.2, -0.15) is 0 Å². The van der Waals surface area contributed by atoms with Crippen molar-refractivity contribution in [2.75, 3.05) is 13.1 Å². The van der Waals surface area contributed by atoms with E-state index in [9.17, 15) is 52.6 Å². The highest BCUT2D eigenvalue weighted by Crippen LogP contribution is 2.28. The molecule has 0 radical (unpaired) electrons. The Morgan fingerprint density at radius 3 is 2.02 bits per heavy atom. The maximum Gasteiger partial charge on any atom is 0.296 e. The van der Waals surface area contributed by atoms with Crippen molar-refractivity contribution in [2.45, 2.75) is 70.5 Å². The maximum atomic E-state index is 13.2. The first kappa shape index (κ1) is 38.3. The number of primary amides is 1. The van der Waals surface area contributed by atoms with Crippen LogP contribution in [0, 0.1) is 32.1 Å². The third kappa shape index (κ3) is 12.1. The molecule has 0 saturated carbocycles. The van der Waals surface area contributed by atoms with E-state index in [-0.39, 0.29) is 12.3 Å². The molecule has 45 heavy (non-hydrogen) atoms. The fourth-order valence-corrected chi connectivity index (χ4v) is 4.96. The minimum absolute atomic E-state index is 0.0366. The molecule has 0 unspecified atom stereocenters. The van der Waals surface area contributed by atoms with Crippen molar-refractivity contribution >= 4 is 50.9 Å². The Morgan fingerprint density at radius 2 is 1.51 bits per heavy atom. The molecular formula is C25H38N8O11S. The van der Waals surface area contributed by atoms with Crippen molar-refractivity contribution in [1.82, 2.24) is 26.0 Å². The normalized spacial score (nSPS) is 13.9. The van der Waals surface area contributed by atoms with E-state index >= 15 is 0 Å². The van der Waals surface area contributed by atoms with Crippen LogP contribution in [0.5, 0.6) is 0 Å². The lowest BCUT2D eigenvalue weighted by Crippen LogP contribution is -2.58. The van der Waals surface area contributed by atoms with Gasteiger partial charge in [-0.1, -0.05) is 34.1 Å². The van der Waals surface area contributed by atoms with Crippen molar-refractivity contribution in [3.8, 4) is 0 Å². The van der Waals surface area contributed by atoms with Crippen LogP contribution in [0.25, 0.3) is 0 Å². The van der Waals surface area contributed by atoms with Crippen LogP contribution in [0.15, 0.2) is 23.1 Å². The number of non-ortho nitro benzene ring substituents is 1. The van der Waals surface area contributed by atoms with Gasteiger partial charge in [-0.3, -0.25) is 44.2 Å². The summed E-state index contributed by atoms with van der Waals surface area (Å²) in [6, 6.07) is -1.63. The minimum atomic E-state index is -4.70. The van der Waals surface area contributed by atoms with E-state index in [2.05, 4.69) is 21.3 Å². The Balaban J connectivity index is 2.96. The molecule has 1 aromatic carbocycles. The Hall–Kier alpha value is -4.72. The van der Waals surface area contributed by atoms with E-state index in [4.69, 9.17) is 5.73 Å². The predicted molar refractivity (Wildman–Crippen MR) is 158 cm³/mol. The molecule has 0 bridgehead atoms. The summed E-state index contributed by atoms with van der Waals surface area (Å²) < 4.78 is 27.1. The second kappa shape index (κ2) is 16.9. The lowest BCUT2D eigenvalue weighted by atomic mass is 9.96. The standard InChI is InChI=1S/C25H38N8O11S/c1-6-14(4)22(25(38)30-17(9-13(2)3)24(37)27-11-20(26)34)31-23(36)15(5)29-21(35)12-28-45(43,44)19-8-7-16(32(39)40)10-18(19)33(41)42/h7-8,10,13-15,17,22,28H,6,9,11-12H2,1-5H3,(H2,26,34)(H,27,37)(H,29,35)(H,30,38)(H,31,36)/t14-,15-,17-,22-/m0/s1. The number of amides is 5. The largest absolute Gasteiger partial charge is 0.368 e. The third-order valence-corrected chi connectivity index (χ3v) is 7.85. The summed E-state index contributed by atoms with van der Waals surface area (Å²) >= 11 is 0. The molecule has 0 aliphatic heterocycles. The first-order valence-corrected chi connectivity index (χ1v) is 15.2. The summed E-state index contributed by atoms with van der Waals surface area (Å²) in [6.45, 7) is 6.92. The van der Waals surface area contributed by atoms with E-state index in [1.807, 2.05) is 18.6 Å². The molecule has 19 nitrogen and oxygen atoms in total. The quantitative estimate of drug-likeness (QED) is 0.0817. The van der Waals surface area contributed by atoms with Crippen LogP contribution in [0.3, 0.4) is 0 Å². The molecule has 0 aromatic heterocycles. The zero-order valence-electron chi connectivity index (χ0n) is 25.3. The van der Waals surface area contributed by atoms with Crippen LogP contribution in [0.1, 0.15) is 47.5 Å². The zero-order chi connectivity index (χ0) is 34.6. The average molecular weight is 659 g/mol. The van der Waals surface area contributed by atoms with Crippen molar-refractivity contribution < 1.29 is 42.2 Å². The van der Waals surface area contributed by atoms with E-state index in [1.165, 1.54) is 6.92 Å². The van der Waals surface area contributed by atoms with E-state index in [0.717, 1.165) is 6.07 Å². The van der Waals surface area contributed by atoms with Crippen LogP contribution >= 0.6 is 0 Å². The highest BCUT2D eigenvalue weighted by molar-refractivity contribution is 7.89. The smallest absolute Gasteiger partial charge is 0.296 e. The second-order valence-electron chi connectivity index (χ2n) is 10.5. The summed E-state index contributed by atoms with van der Waals surface area (Å²) in [5, 5.41) is 31.9. The highest BCUT2D eigenvalue weighted by atomic mass is 32.2. The molecule has 0 aliphatic carbocycles. The van der Waals surface area contributed by atoms with Crippen LogP contribution in [-0.4, -0.2) is 79.0 Å². The predicted octanol–water partition coefficient (Wildman–Crippen LogP) is -1.05. The SMILES string of the molecule is CC[C@H](C)[C@H](NC(=O)[C@H](C)NC(=O)CNS(=O)(=O)c1ccc([N+](=O)[O-])cc1[N+](=O)[O-])C(=O)N[C@@H](CC(C)C)C(=O)NCC(N)=O. The summed E-state index contributed by atoms with van der Waals surface area (Å²) in [6.07, 6.45) is 0.640. The van der Waals surface area contributed by atoms with E-state index in [0.29, 0.717) is 18.6 Å². The zero-order valence-corrected chi connectivity index (χ0v) is 26.1. The van der Waals surface area contributed by atoms with Gasteiger partial charge in [-0.05, 0) is 31.2 Å². The number of hydrogen-bond donors (Lipinski definition) is 6. The van der Waals surface area contributed by atoms with Crippen LogP contribution < -0.4 is 31.7 Å². The molecular weight excluding hydrogens is 620 g/mol. The summed E-state index contributed by atoms with van der Waals surface area (Å²) in [7, 11) is -4.70. The Morgan fingerprint density at radius 1 is 0.889 bits per heavy atom. The van der Waals surface area contributed by atoms with Gasteiger partial charge >= 0.3 is 0 Å². The molecule has 5 amide bonds. The topological polar surface area (TPSA) is 292 Å². The number of sulfonamides is 1. The molecule has 1 rings (SSSR count). The first-order valence-electron chi connectivity index (χ1n) is 13.7. The third-order valence-electron chi connectivity index (χ3n) is 6.40. The lowest BCUT2D eigenvalue weighted by Gasteiger charge is -2.28. The van der Waals surface area contributed by atoms with Crippen molar-refractivity contribution in [3.63, 3.8) is 0 Å². The number of benzene rings is 1. The average Bonchev–Trinajstić information content (AvgIpc) is 2.95. The number of nitrogens with zero attached hydrogens (tertiary/aromatic N) is 2. The number of nitrogens with two attached hydrogens (primary N) is 1. The van der Waals surface area contributed by atoms with Gasteiger partial charge in [0.05, 0.1) is 29.0 Å². The second-order valence-corrected chi connectivity index (χ2v) is 12.3. The molecule has 0 aliphatic rings. The molecule has 0 heterocycles. The van der Waals surface area contributed by atoms with Crippen molar-refractivity contribution in [2.24, 2.45) is 17.6 Å².